The highest BCUT2D eigenvalue weighted by atomic mass is 32.1. The number of thiazole rings is 1. The van der Waals surface area contributed by atoms with E-state index < -0.39 is 0 Å². The van der Waals surface area contributed by atoms with Crippen LogP contribution in [-0.4, -0.2) is 34.0 Å². The summed E-state index contributed by atoms with van der Waals surface area (Å²) in [6.07, 6.45) is 6.36. The third-order valence-corrected chi connectivity index (χ3v) is 5.91. The van der Waals surface area contributed by atoms with Crippen LogP contribution < -0.4 is 10.6 Å². The van der Waals surface area contributed by atoms with Crippen LogP contribution in [0.3, 0.4) is 0 Å². The number of aryl methyl sites for hydroxylation is 2. The summed E-state index contributed by atoms with van der Waals surface area (Å²) in [6, 6.07) is 0.191. The molecule has 0 bridgehead atoms. The summed E-state index contributed by atoms with van der Waals surface area (Å²) in [5.41, 5.74) is 1.64. The Bertz CT molecular complexity index is 822. The number of carbonyl (C=O) groups excluding carboxylic acids is 2. The van der Waals surface area contributed by atoms with Gasteiger partial charge in [-0.05, 0) is 32.6 Å². The zero-order valence-corrected chi connectivity index (χ0v) is 15.5. The Balaban J connectivity index is 1.43. The van der Waals surface area contributed by atoms with Gasteiger partial charge in [0.05, 0.1) is 5.01 Å². The SMILES string of the molecule is Cc1nc(C(=O)NC2CCc3onc(C(=O)NC4CCCC4)c3C2)cs1. The minimum absolute atomic E-state index is 0.0468. The van der Waals surface area contributed by atoms with Crippen molar-refractivity contribution >= 4 is 23.2 Å². The number of aromatic nitrogens is 2. The van der Waals surface area contributed by atoms with Crippen LogP contribution in [-0.2, 0) is 12.8 Å². The van der Waals surface area contributed by atoms with Gasteiger partial charge in [-0.25, -0.2) is 4.98 Å². The lowest BCUT2D eigenvalue weighted by Gasteiger charge is -2.22. The number of rotatable bonds is 4. The molecule has 1 atom stereocenters. The van der Waals surface area contributed by atoms with Crippen molar-refractivity contribution in [2.75, 3.05) is 0 Å². The van der Waals surface area contributed by atoms with E-state index in [1.807, 2.05) is 6.92 Å². The van der Waals surface area contributed by atoms with Crippen LogP contribution >= 0.6 is 11.3 Å². The van der Waals surface area contributed by atoms with Crippen molar-refractivity contribution in [2.24, 2.45) is 0 Å². The lowest BCUT2D eigenvalue weighted by atomic mass is 9.91. The Labute approximate surface area is 155 Å². The van der Waals surface area contributed by atoms with Gasteiger partial charge in [-0.2, -0.15) is 0 Å². The average Bonchev–Trinajstić information content (AvgIpc) is 3.35. The van der Waals surface area contributed by atoms with Crippen molar-refractivity contribution < 1.29 is 14.1 Å². The monoisotopic (exact) mass is 374 g/mol. The molecule has 0 radical (unpaired) electrons. The summed E-state index contributed by atoms with van der Waals surface area (Å²) in [6.45, 7) is 1.88. The van der Waals surface area contributed by atoms with E-state index in [2.05, 4.69) is 20.8 Å². The molecular weight excluding hydrogens is 352 g/mol. The molecule has 1 fully saturated rings. The molecule has 0 aliphatic heterocycles. The van der Waals surface area contributed by atoms with Gasteiger partial charge in [-0.1, -0.05) is 18.0 Å². The van der Waals surface area contributed by atoms with Crippen LogP contribution in [0.15, 0.2) is 9.90 Å². The second kappa shape index (κ2) is 7.19. The predicted molar refractivity (Wildman–Crippen MR) is 96.4 cm³/mol. The van der Waals surface area contributed by atoms with E-state index in [1.165, 1.54) is 11.3 Å². The summed E-state index contributed by atoms with van der Waals surface area (Å²) in [5, 5.41) is 12.7. The zero-order valence-electron chi connectivity index (χ0n) is 14.7. The summed E-state index contributed by atoms with van der Waals surface area (Å²) >= 11 is 1.46. The number of carbonyl (C=O) groups is 2. The molecule has 0 aromatic carbocycles. The van der Waals surface area contributed by atoms with Crippen LogP contribution in [0.25, 0.3) is 0 Å². The lowest BCUT2D eigenvalue weighted by molar-refractivity contribution is 0.0923. The van der Waals surface area contributed by atoms with Gasteiger partial charge in [0.25, 0.3) is 11.8 Å². The molecule has 2 N–H and O–H groups in total. The van der Waals surface area contributed by atoms with Crippen LogP contribution in [0.5, 0.6) is 0 Å². The minimum Gasteiger partial charge on any atom is -0.360 e. The maximum atomic E-state index is 12.6. The summed E-state index contributed by atoms with van der Waals surface area (Å²) in [4.78, 5) is 29.1. The predicted octanol–water partition coefficient (Wildman–Crippen LogP) is 2.40. The molecule has 0 spiro atoms. The molecule has 2 heterocycles. The molecule has 2 amide bonds. The van der Waals surface area contributed by atoms with E-state index in [9.17, 15) is 9.59 Å². The highest BCUT2D eigenvalue weighted by molar-refractivity contribution is 7.09. The number of amides is 2. The van der Waals surface area contributed by atoms with Gasteiger partial charge in [0.15, 0.2) is 5.69 Å². The third kappa shape index (κ3) is 3.51. The molecule has 26 heavy (non-hydrogen) atoms. The molecule has 1 unspecified atom stereocenters. The first-order chi connectivity index (χ1) is 12.6. The average molecular weight is 374 g/mol. The molecule has 7 nitrogen and oxygen atoms in total. The zero-order chi connectivity index (χ0) is 18.1. The largest absolute Gasteiger partial charge is 0.360 e. The summed E-state index contributed by atoms with van der Waals surface area (Å²) in [7, 11) is 0. The van der Waals surface area contributed by atoms with Gasteiger partial charge >= 0.3 is 0 Å². The van der Waals surface area contributed by atoms with Gasteiger partial charge in [-0.15, -0.1) is 11.3 Å². The molecule has 2 aliphatic carbocycles. The summed E-state index contributed by atoms with van der Waals surface area (Å²) in [5.74, 6) is 0.428. The second-order valence-electron chi connectivity index (χ2n) is 7.05. The van der Waals surface area contributed by atoms with Crippen LogP contribution in [0, 0.1) is 6.92 Å². The molecular formula is C18H22N4O3S. The third-order valence-electron chi connectivity index (χ3n) is 5.13. The number of nitrogens with zero attached hydrogens (tertiary/aromatic N) is 2. The number of fused-ring (bicyclic) bond motifs is 1. The van der Waals surface area contributed by atoms with Crippen molar-refractivity contribution in [3.05, 3.63) is 33.1 Å². The number of hydrogen-bond acceptors (Lipinski definition) is 6. The summed E-state index contributed by atoms with van der Waals surface area (Å²) < 4.78 is 5.38. The van der Waals surface area contributed by atoms with Gasteiger partial charge in [0.2, 0.25) is 0 Å². The van der Waals surface area contributed by atoms with Crippen molar-refractivity contribution in [2.45, 2.75) is 64.0 Å². The van der Waals surface area contributed by atoms with E-state index in [-0.39, 0.29) is 23.9 Å². The maximum Gasteiger partial charge on any atom is 0.273 e. The second-order valence-corrected chi connectivity index (χ2v) is 8.11. The minimum atomic E-state index is -0.170. The first-order valence-corrected chi connectivity index (χ1v) is 9.99. The molecule has 2 aromatic heterocycles. The Morgan fingerprint density at radius 3 is 2.65 bits per heavy atom. The van der Waals surface area contributed by atoms with Gasteiger partial charge in [-0.3, -0.25) is 9.59 Å². The van der Waals surface area contributed by atoms with E-state index in [0.29, 0.717) is 24.2 Å². The van der Waals surface area contributed by atoms with E-state index >= 15 is 0 Å². The fraction of sp³-hybridized carbons (Fsp3) is 0.556. The van der Waals surface area contributed by atoms with Crippen molar-refractivity contribution in [3.63, 3.8) is 0 Å². The van der Waals surface area contributed by atoms with Crippen molar-refractivity contribution in [1.29, 1.82) is 0 Å². The van der Waals surface area contributed by atoms with Gasteiger partial charge < -0.3 is 15.2 Å². The Hall–Kier alpha value is -2.22. The smallest absolute Gasteiger partial charge is 0.273 e. The van der Waals surface area contributed by atoms with Gasteiger partial charge in [0, 0.05) is 29.4 Å². The van der Waals surface area contributed by atoms with Crippen molar-refractivity contribution in [3.8, 4) is 0 Å². The molecule has 1 saturated carbocycles. The highest BCUT2D eigenvalue weighted by Crippen LogP contribution is 2.26. The maximum absolute atomic E-state index is 12.6. The lowest BCUT2D eigenvalue weighted by Crippen LogP contribution is -2.40. The van der Waals surface area contributed by atoms with Crippen molar-refractivity contribution in [1.82, 2.24) is 20.8 Å². The van der Waals surface area contributed by atoms with E-state index in [1.54, 1.807) is 5.38 Å². The molecule has 2 aliphatic rings. The molecule has 2 aromatic rings. The molecule has 4 rings (SSSR count). The Morgan fingerprint density at radius 2 is 1.92 bits per heavy atom. The first kappa shape index (κ1) is 17.2. The Morgan fingerprint density at radius 1 is 1.15 bits per heavy atom. The number of hydrogen-bond donors (Lipinski definition) is 2. The Kier molecular flexibility index (Phi) is 4.76. The van der Waals surface area contributed by atoms with E-state index in [0.717, 1.165) is 48.4 Å². The fourth-order valence-corrected chi connectivity index (χ4v) is 4.35. The number of nitrogens with one attached hydrogen (secondary N) is 2. The van der Waals surface area contributed by atoms with Crippen LogP contribution in [0.4, 0.5) is 0 Å². The molecule has 8 heteroatoms. The topological polar surface area (TPSA) is 97.1 Å². The molecule has 138 valence electrons. The highest BCUT2D eigenvalue weighted by Gasteiger charge is 2.31. The fourth-order valence-electron chi connectivity index (χ4n) is 3.76. The normalized spacial score (nSPS) is 20.0. The van der Waals surface area contributed by atoms with Gasteiger partial charge in [0.1, 0.15) is 11.5 Å². The molecule has 0 saturated heterocycles. The van der Waals surface area contributed by atoms with Crippen LogP contribution in [0.1, 0.15) is 69.4 Å². The quantitative estimate of drug-likeness (QED) is 0.856. The standard InChI is InChI=1S/C18H22N4O3S/c1-10-19-14(9-26-10)17(23)21-12-6-7-15-13(8-12)16(22-25-15)18(24)20-11-4-2-3-5-11/h9,11-12H,2-8H2,1H3,(H,20,24)(H,21,23). The first-order valence-electron chi connectivity index (χ1n) is 9.11. The van der Waals surface area contributed by atoms with Crippen LogP contribution in [0.2, 0.25) is 0 Å². The van der Waals surface area contributed by atoms with E-state index in [4.69, 9.17) is 4.52 Å².